The number of rotatable bonds is 2. The maximum Gasteiger partial charge on any atom is 0.280 e. The van der Waals surface area contributed by atoms with Crippen molar-refractivity contribution in [2.24, 2.45) is 0 Å². The van der Waals surface area contributed by atoms with Gasteiger partial charge in [0.15, 0.2) is 0 Å². The summed E-state index contributed by atoms with van der Waals surface area (Å²) in [6.45, 7) is 1.22. The first kappa shape index (κ1) is 9.85. The molecule has 5 heteroatoms. The Morgan fingerprint density at radius 2 is 2.23 bits per heavy atom. The number of halogens is 2. The van der Waals surface area contributed by atoms with Gasteiger partial charge in [0, 0.05) is 5.56 Å². The van der Waals surface area contributed by atoms with E-state index in [4.69, 9.17) is 10.8 Å². The summed E-state index contributed by atoms with van der Waals surface area (Å²) in [5.41, 5.74) is 5.73. The molecule has 0 radical (unpaired) electrons. The van der Waals surface area contributed by atoms with Crippen LogP contribution in [0.25, 0.3) is 0 Å². The lowest BCUT2D eigenvalue weighted by molar-refractivity contribution is 0.145. The van der Waals surface area contributed by atoms with E-state index in [-0.39, 0.29) is 18.1 Å². The van der Waals surface area contributed by atoms with Gasteiger partial charge in [0.05, 0.1) is 6.61 Å². The van der Waals surface area contributed by atoms with Gasteiger partial charge < -0.3 is 10.8 Å². The molecule has 0 aliphatic carbocycles. The first-order chi connectivity index (χ1) is 6.06. The van der Waals surface area contributed by atoms with Crippen LogP contribution >= 0.6 is 0 Å². The molecule has 0 aliphatic rings. The van der Waals surface area contributed by atoms with Crippen LogP contribution in [0.5, 0.6) is 0 Å². The molecule has 0 aliphatic heterocycles. The Balaban J connectivity index is 3.20. The van der Waals surface area contributed by atoms with Crippen LogP contribution in [0.4, 0.5) is 14.6 Å². The third kappa shape index (κ3) is 1.92. The number of aliphatic hydroxyl groups is 1. The minimum atomic E-state index is -2.63. The number of pyridine rings is 1. The van der Waals surface area contributed by atoms with Crippen LogP contribution in [0.3, 0.4) is 0 Å². The molecular weight excluding hydrogens is 178 g/mol. The molecule has 0 saturated heterocycles. The molecule has 1 aromatic heterocycles. The first-order valence-electron chi connectivity index (χ1n) is 3.71. The molecule has 0 unspecified atom stereocenters. The molecule has 1 rings (SSSR count). The molecule has 0 bridgehead atoms. The molecule has 3 N–H and O–H groups in total. The predicted molar refractivity (Wildman–Crippen MR) is 44.3 cm³/mol. The molecule has 72 valence electrons. The van der Waals surface area contributed by atoms with E-state index in [2.05, 4.69) is 4.98 Å². The van der Waals surface area contributed by atoms with Crippen LogP contribution in [0.2, 0.25) is 0 Å². The Bertz CT molecular complexity index is 315. The molecule has 0 fully saturated rings. The van der Waals surface area contributed by atoms with Crippen LogP contribution in [-0.2, 0) is 6.61 Å². The van der Waals surface area contributed by atoms with Crippen molar-refractivity contribution in [3.8, 4) is 0 Å². The number of hydrogen-bond donors (Lipinski definition) is 2. The molecule has 1 heterocycles. The quantitative estimate of drug-likeness (QED) is 0.737. The van der Waals surface area contributed by atoms with Gasteiger partial charge in [-0.05, 0) is 18.6 Å². The standard InChI is InChI=1S/C8H10F2N2O/c1-4-2-5(3-13)8(11)12-6(4)7(9)10/h2,7,13H,3H2,1H3,(H2,11,12). The summed E-state index contributed by atoms with van der Waals surface area (Å²) in [6.07, 6.45) is -2.63. The van der Waals surface area contributed by atoms with Gasteiger partial charge in [-0.2, -0.15) is 0 Å². The van der Waals surface area contributed by atoms with Gasteiger partial charge in [0.2, 0.25) is 0 Å². The smallest absolute Gasteiger partial charge is 0.280 e. The molecule has 0 spiro atoms. The van der Waals surface area contributed by atoms with E-state index in [0.717, 1.165) is 0 Å². The van der Waals surface area contributed by atoms with Crippen LogP contribution in [0, 0.1) is 6.92 Å². The highest BCUT2D eigenvalue weighted by molar-refractivity contribution is 5.43. The zero-order valence-electron chi connectivity index (χ0n) is 7.09. The van der Waals surface area contributed by atoms with Crippen molar-refractivity contribution in [1.29, 1.82) is 0 Å². The minimum Gasteiger partial charge on any atom is -0.392 e. The zero-order valence-corrected chi connectivity index (χ0v) is 7.09. The largest absolute Gasteiger partial charge is 0.392 e. The molecule has 0 aromatic carbocycles. The first-order valence-corrected chi connectivity index (χ1v) is 3.71. The second-order valence-electron chi connectivity index (χ2n) is 2.69. The maximum atomic E-state index is 12.3. The number of aromatic nitrogens is 1. The SMILES string of the molecule is Cc1cc(CO)c(N)nc1C(F)F. The van der Waals surface area contributed by atoms with Gasteiger partial charge in [0.25, 0.3) is 6.43 Å². The Hall–Kier alpha value is -1.23. The highest BCUT2D eigenvalue weighted by Gasteiger charge is 2.14. The molecule has 0 amide bonds. The molecule has 0 saturated carbocycles. The summed E-state index contributed by atoms with van der Waals surface area (Å²) in [5.74, 6) is -0.0385. The number of alkyl halides is 2. The number of hydrogen-bond acceptors (Lipinski definition) is 3. The average molecular weight is 188 g/mol. The van der Waals surface area contributed by atoms with E-state index in [9.17, 15) is 8.78 Å². The minimum absolute atomic E-state index is 0.0385. The molecule has 1 aromatic rings. The van der Waals surface area contributed by atoms with E-state index in [1.807, 2.05) is 0 Å². The summed E-state index contributed by atoms with van der Waals surface area (Å²) < 4.78 is 24.5. The lowest BCUT2D eigenvalue weighted by Gasteiger charge is -2.07. The number of nitrogens with two attached hydrogens (primary N) is 1. The number of anilines is 1. The lowest BCUT2D eigenvalue weighted by Crippen LogP contribution is -2.04. The van der Waals surface area contributed by atoms with Crippen molar-refractivity contribution < 1.29 is 13.9 Å². The fourth-order valence-corrected chi connectivity index (χ4v) is 1.05. The van der Waals surface area contributed by atoms with Gasteiger partial charge in [-0.1, -0.05) is 0 Å². The Kier molecular flexibility index (Phi) is 2.77. The summed E-state index contributed by atoms with van der Waals surface area (Å²) in [5, 5.41) is 8.76. The van der Waals surface area contributed by atoms with Crippen LogP contribution in [-0.4, -0.2) is 10.1 Å². The van der Waals surface area contributed by atoms with Crippen LogP contribution in [0.1, 0.15) is 23.2 Å². The predicted octanol–water partition coefficient (Wildman–Crippen LogP) is 1.40. The van der Waals surface area contributed by atoms with E-state index in [1.165, 1.54) is 13.0 Å². The van der Waals surface area contributed by atoms with Crippen molar-refractivity contribution in [1.82, 2.24) is 4.98 Å². The van der Waals surface area contributed by atoms with Crippen LogP contribution < -0.4 is 5.73 Å². The Morgan fingerprint density at radius 3 is 2.69 bits per heavy atom. The van der Waals surface area contributed by atoms with Gasteiger partial charge in [-0.3, -0.25) is 0 Å². The van der Waals surface area contributed by atoms with Crippen molar-refractivity contribution in [3.05, 3.63) is 22.9 Å². The Morgan fingerprint density at radius 1 is 1.62 bits per heavy atom. The maximum absolute atomic E-state index is 12.3. The Labute approximate surface area is 74.2 Å². The summed E-state index contributed by atoms with van der Waals surface area (Å²) >= 11 is 0. The fourth-order valence-electron chi connectivity index (χ4n) is 1.05. The van der Waals surface area contributed by atoms with Crippen molar-refractivity contribution >= 4 is 5.82 Å². The van der Waals surface area contributed by atoms with E-state index < -0.39 is 6.43 Å². The summed E-state index contributed by atoms with van der Waals surface area (Å²) in [6, 6.07) is 1.42. The lowest BCUT2D eigenvalue weighted by atomic mass is 10.1. The van der Waals surface area contributed by atoms with E-state index >= 15 is 0 Å². The average Bonchev–Trinajstić information content (AvgIpc) is 2.07. The fraction of sp³-hybridized carbons (Fsp3) is 0.375. The van der Waals surface area contributed by atoms with Gasteiger partial charge >= 0.3 is 0 Å². The zero-order chi connectivity index (χ0) is 10.0. The van der Waals surface area contributed by atoms with E-state index in [0.29, 0.717) is 11.1 Å². The topological polar surface area (TPSA) is 59.1 Å². The van der Waals surface area contributed by atoms with Crippen LogP contribution in [0.15, 0.2) is 6.07 Å². The van der Waals surface area contributed by atoms with Crippen molar-refractivity contribution in [2.75, 3.05) is 5.73 Å². The number of nitrogens with zero attached hydrogens (tertiary/aromatic N) is 1. The monoisotopic (exact) mass is 188 g/mol. The normalized spacial score (nSPS) is 10.8. The van der Waals surface area contributed by atoms with Crippen molar-refractivity contribution in [3.63, 3.8) is 0 Å². The number of aliphatic hydroxyl groups excluding tert-OH is 1. The third-order valence-corrected chi connectivity index (χ3v) is 1.74. The highest BCUT2D eigenvalue weighted by atomic mass is 19.3. The van der Waals surface area contributed by atoms with Gasteiger partial charge in [-0.15, -0.1) is 0 Å². The van der Waals surface area contributed by atoms with Gasteiger partial charge in [-0.25, -0.2) is 13.8 Å². The summed E-state index contributed by atoms with van der Waals surface area (Å²) in [4.78, 5) is 3.51. The van der Waals surface area contributed by atoms with Gasteiger partial charge in [0.1, 0.15) is 11.5 Å². The number of aryl methyl sites for hydroxylation is 1. The summed E-state index contributed by atoms with van der Waals surface area (Å²) in [7, 11) is 0. The number of nitrogen functional groups attached to an aromatic ring is 1. The molecule has 13 heavy (non-hydrogen) atoms. The molecule has 3 nitrogen and oxygen atoms in total. The second kappa shape index (κ2) is 3.66. The molecule has 0 atom stereocenters. The third-order valence-electron chi connectivity index (χ3n) is 1.74. The highest BCUT2D eigenvalue weighted by Crippen LogP contribution is 2.23. The molecular formula is C8H10F2N2O. The second-order valence-corrected chi connectivity index (χ2v) is 2.69. The van der Waals surface area contributed by atoms with E-state index in [1.54, 1.807) is 0 Å². The van der Waals surface area contributed by atoms with Crippen molar-refractivity contribution in [2.45, 2.75) is 20.0 Å².